The molecule has 246 valence electrons. The highest BCUT2D eigenvalue weighted by Crippen LogP contribution is 2.69. The number of rotatable bonds is 14. The molecule has 0 saturated carbocycles. The van der Waals surface area contributed by atoms with Gasteiger partial charge in [0.15, 0.2) is 0 Å². The largest absolute Gasteiger partial charge is 0.394 e. The molecule has 1 N–H and O–H groups in total. The molecule has 9 heteroatoms. The van der Waals surface area contributed by atoms with Crippen molar-refractivity contribution >= 4 is 40.9 Å². The highest BCUT2D eigenvalue weighted by atomic mass is 32.2. The van der Waals surface area contributed by atoms with E-state index in [-0.39, 0.29) is 42.0 Å². The number of nitrogens with zero attached hydrogens (tertiary/aromatic N) is 4. The van der Waals surface area contributed by atoms with Crippen LogP contribution in [-0.4, -0.2) is 87.5 Å². The van der Waals surface area contributed by atoms with Crippen molar-refractivity contribution in [2.75, 3.05) is 42.6 Å². The zero-order chi connectivity index (χ0) is 33.2. The molecule has 2 bridgehead atoms. The SMILES string of the molecule is C=CCN(Cc1ccccc1)C(=O)[C@@H]1[C@@H]2CC(C)C3(S2)C(C(=O)N(CC=C)c2ccc(N(CC)CC)cc2)N([C@H](C)CO)C(=O)[C@H]13. The van der Waals surface area contributed by atoms with Gasteiger partial charge < -0.3 is 24.7 Å². The second kappa shape index (κ2) is 14.1. The maximum Gasteiger partial charge on any atom is 0.251 e. The Labute approximate surface area is 278 Å². The molecule has 3 amide bonds. The quantitative estimate of drug-likeness (QED) is 0.292. The van der Waals surface area contributed by atoms with Gasteiger partial charge >= 0.3 is 0 Å². The Bertz CT molecular complexity index is 1430. The van der Waals surface area contributed by atoms with Crippen LogP contribution in [0.2, 0.25) is 0 Å². The first-order valence-corrected chi connectivity index (χ1v) is 17.4. The third-order valence-corrected chi connectivity index (χ3v) is 12.3. The third-order valence-electron chi connectivity index (χ3n) is 10.2. The van der Waals surface area contributed by atoms with Gasteiger partial charge in [-0.15, -0.1) is 24.9 Å². The number of fused-ring (bicyclic) bond motifs is 1. The summed E-state index contributed by atoms with van der Waals surface area (Å²) in [6.45, 7) is 18.5. The van der Waals surface area contributed by atoms with Crippen molar-refractivity contribution in [1.82, 2.24) is 9.80 Å². The number of benzene rings is 2. The average Bonchev–Trinajstić information content (AvgIpc) is 3.67. The Morgan fingerprint density at radius 3 is 2.24 bits per heavy atom. The molecule has 0 aliphatic carbocycles. The van der Waals surface area contributed by atoms with Crippen LogP contribution in [0.1, 0.15) is 39.7 Å². The van der Waals surface area contributed by atoms with Crippen molar-refractivity contribution in [3.05, 3.63) is 85.5 Å². The first kappa shape index (κ1) is 33.8. The highest BCUT2D eigenvalue weighted by Gasteiger charge is 2.76. The summed E-state index contributed by atoms with van der Waals surface area (Å²) < 4.78 is -0.796. The topological polar surface area (TPSA) is 84.4 Å². The maximum atomic E-state index is 14.9. The molecule has 0 radical (unpaired) electrons. The lowest BCUT2D eigenvalue weighted by molar-refractivity contribution is -0.145. The molecule has 8 nitrogen and oxygen atoms in total. The van der Waals surface area contributed by atoms with E-state index in [0.29, 0.717) is 13.1 Å². The van der Waals surface area contributed by atoms with E-state index < -0.39 is 28.7 Å². The summed E-state index contributed by atoms with van der Waals surface area (Å²) in [5.74, 6) is -1.71. The van der Waals surface area contributed by atoms with Crippen LogP contribution in [-0.2, 0) is 20.9 Å². The summed E-state index contributed by atoms with van der Waals surface area (Å²) in [6.07, 6.45) is 4.16. The summed E-state index contributed by atoms with van der Waals surface area (Å²) in [4.78, 5) is 51.4. The van der Waals surface area contributed by atoms with Gasteiger partial charge in [-0.2, -0.15) is 0 Å². The van der Waals surface area contributed by atoms with Crippen molar-refractivity contribution in [3.63, 3.8) is 0 Å². The molecule has 46 heavy (non-hydrogen) atoms. The van der Waals surface area contributed by atoms with Crippen LogP contribution in [0, 0.1) is 17.8 Å². The summed E-state index contributed by atoms with van der Waals surface area (Å²) >= 11 is 1.65. The van der Waals surface area contributed by atoms with Gasteiger partial charge in [-0.3, -0.25) is 14.4 Å². The molecule has 3 heterocycles. The van der Waals surface area contributed by atoms with Gasteiger partial charge in [0.25, 0.3) is 5.91 Å². The standard InChI is InChI=1S/C37H48N4O4S/c1-7-20-39(23-27-14-12-11-13-15-27)34(43)31-30-22-25(5)37(46-30)32(31)35(44)41(26(6)24-42)33(37)36(45)40(21-8-2)29-18-16-28(17-19-29)38(9-3)10-4/h7-8,11-19,25-26,30-33,42H,1-2,9-10,20-24H2,3-6H3/t25?,26-,30+,31-,32+,33?,37?/m1/s1. The zero-order valence-corrected chi connectivity index (χ0v) is 28.4. The number of likely N-dealkylation sites (tertiary alicyclic amines) is 1. The molecule has 1 spiro atoms. The lowest BCUT2D eigenvalue weighted by Crippen LogP contribution is -2.59. The van der Waals surface area contributed by atoms with Crippen molar-refractivity contribution in [2.45, 2.75) is 62.7 Å². The fourth-order valence-corrected chi connectivity index (χ4v) is 10.4. The van der Waals surface area contributed by atoms with Crippen molar-refractivity contribution in [2.24, 2.45) is 17.8 Å². The smallest absolute Gasteiger partial charge is 0.251 e. The van der Waals surface area contributed by atoms with Crippen LogP contribution in [0.3, 0.4) is 0 Å². The molecule has 3 fully saturated rings. The minimum atomic E-state index is -0.834. The van der Waals surface area contributed by atoms with Gasteiger partial charge in [0.05, 0.1) is 29.2 Å². The summed E-state index contributed by atoms with van der Waals surface area (Å²) in [5.41, 5.74) is 2.80. The summed E-state index contributed by atoms with van der Waals surface area (Å²) in [6, 6.07) is 16.4. The summed E-state index contributed by atoms with van der Waals surface area (Å²) in [7, 11) is 0. The zero-order valence-electron chi connectivity index (χ0n) is 27.5. The van der Waals surface area contributed by atoms with E-state index in [9.17, 15) is 19.5 Å². The first-order chi connectivity index (χ1) is 22.2. The van der Waals surface area contributed by atoms with Crippen molar-refractivity contribution < 1.29 is 19.5 Å². The van der Waals surface area contributed by atoms with Crippen LogP contribution >= 0.6 is 11.8 Å². The number of carbonyl (C=O) groups is 3. The number of thioether (sulfide) groups is 1. The van der Waals surface area contributed by atoms with Crippen LogP contribution in [0.15, 0.2) is 79.9 Å². The second-order valence-electron chi connectivity index (χ2n) is 12.7. The Morgan fingerprint density at radius 2 is 1.65 bits per heavy atom. The molecule has 5 rings (SSSR count). The Morgan fingerprint density at radius 1 is 1.02 bits per heavy atom. The molecule has 0 aromatic heterocycles. The van der Waals surface area contributed by atoms with E-state index >= 15 is 0 Å². The number of hydrogen-bond donors (Lipinski definition) is 1. The highest BCUT2D eigenvalue weighted by molar-refractivity contribution is 8.02. The number of aliphatic hydroxyl groups is 1. The van der Waals surface area contributed by atoms with Crippen LogP contribution in [0.25, 0.3) is 0 Å². The Hall–Kier alpha value is -3.56. The van der Waals surface area contributed by atoms with Gasteiger partial charge in [0, 0.05) is 49.3 Å². The third kappa shape index (κ3) is 5.66. The molecule has 3 unspecified atom stereocenters. The molecule has 2 aromatic rings. The maximum absolute atomic E-state index is 14.9. The van der Waals surface area contributed by atoms with Crippen molar-refractivity contribution in [3.8, 4) is 0 Å². The van der Waals surface area contributed by atoms with Gasteiger partial charge in [0.1, 0.15) is 6.04 Å². The molecule has 3 saturated heterocycles. The number of carbonyl (C=O) groups excluding carboxylic acids is 3. The molecular weight excluding hydrogens is 596 g/mol. The summed E-state index contributed by atoms with van der Waals surface area (Å²) in [5, 5.41) is 10.3. The Balaban J connectivity index is 1.54. The number of aliphatic hydroxyl groups excluding tert-OH is 1. The van der Waals surface area contributed by atoms with Crippen molar-refractivity contribution in [1.29, 1.82) is 0 Å². The first-order valence-electron chi connectivity index (χ1n) is 16.5. The fraction of sp³-hybridized carbons (Fsp3) is 0.486. The minimum absolute atomic E-state index is 0.0166. The fourth-order valence-electron chi connectivity index (χ4n) is 8.02. The van der Waals surface area contributed by atoms with Crippen LogP contribution in [0.5, 0.6) is 0 Å². The van der Waals surface area contributed by atoms with Gasteiger partial charge in [-0.05, 0) is 62.9 Å². The average molecular weight is 645 g/mol. The van der Waals surface area contributed by atoms with Gasteiger partial charge in [-0.25, -0.2) is 0 Å². The van der Waals surface area contributed by atoms with Gasteiger partial charge in [-0.1, -0.05) is 49.4 Å². The van der Waals surface area contributed by atoms with E-state index in [4.69, 9.17) is 0 Å². The molecule has 3 aliphatic rings. The van der Waals surface area contributed by atoms with E-state index in [1.54, 1.807) is 45.5 Å². The lowest BCUT2D eigenvalue weighted by atomic mass is 9.65. The van der Waals surface area contributed by atoms with E-state index in [1.807, 2.05) is 54.6 Å². The van der Waals surface area contributed by atoms with E-state index in [0.717, 1.165) is 36.4 Å². The lowest BCUT2D eigenvalue weighted by Gasteiger charge is -2.42. The molecular formula is C37H48N4O4S. The van der Waals surface area contributed by atoms with Gasteiger partial charge in [0.2, 0.25) is 11.8 Å². The predicted molar refractivity (Wildman–Crippen MR) is 187 cm³/mol. The normalized spacial score (nSPS) is 26.8. The van der Waals surface area contributed by atoms with E-state index in [1.165, 1.54) is 0 Å². The Kier molecular flexibility index (Phi) is 10.3. The molecule has 3 aliphatic heterocycles. The second-order valence-corrected chi connectivity index (χ2v) is 14.3. The van der Waals surface area contributed by atoms with Crippen LogP contribution < -0.4 is 9.80 Å². The predicted octanol–water partition coefficient (Wildman–Crippen LogP) is 4.98. The number of anilines is 2. The number of hydrogen-bond acceptors (Lipinski definition) is 6. The van der Waals surface area contributed by atoms with Crippen LogP contribution in [0.4, 0.5) is 11.4 Å². The monoisotopic (exact) mass is 644 g/mol. The van der Waals surface area contributed by atoms with E-state index in [2.05, 4.69) is 38.8 Å². The molecule has 2 aromatic carbocycles. The minimum Gasteiger partial charge on any atom is -0.394 e. The number of amides is 3. The molecule has 7 atom stereocenters.